The van der Waals surface area contributed by atoms with Crippen molar-refractivity contribution >= 4 is 17.4 Å². The number of hydrogen-bond donors (Lipinski definition) is 2. The third-order valence-corrected chi connectivity index (χ3v) is 4.51. The predicted molar refractivity (Wildman–Crippen MR) is 109 cm³/mol. The van der Waals surface area contributed by atoms with E-state index < -0.39 is 0 Å². The monoisotopic (exact) mass is 378 g/mol. The van der Waals surface area contributed by atoms with Crippen LogP contribution in [0.1, 0.15) is 41.0 Å². The van der Waals surface area contributed by atoms with Crippen LogP contribution in [-0.2, 0) is 19.4 Å². The summed E-state index contributed by atoms with van der Waals surface area (Å²) in [5, 5.41) is 6.09. The SMILES string of the molecule is CCc1cccc(CC)c1NC(=O)c1cnc(NCc2ccc(F)cc2)cn1. The van der Waals surface area contributed by atoms with Crippen molar-refractivity contribution in [2.75, 3.05) is 10.6 Å². The summed E-state index contributed by atoms with van der Waals surface area (Å²) < 4.78 is 12.9. The third kappa shape index (κ3) is 4.71. The van der Waals surface area contributed by atoms with Gasteiger partial charge in [0, 0.05) is 12.2 Å². The molecule has 0 unspecified atom stereocenters. The lowest BCUT2D eigenvalue weighted by Gasteiger charge is -2.14. The topological polar surface area (TPSA) is 66.9 Å². The van der Waals surface area contributed by atoms with Gasteiger partial charge >= 0.3 is 0 Å². The zero-order chi connectivity index (χ0) is 19.9. The molecule has 1 aromatic heterocycles. The predicted octanol–water partition coefficient (Wildman–Crippen LogP) is 4.60. The summed E-state index contributed by atoms with van der Waals surface area (Å²) in [5.74, 6) is -0.00736. The minimum absolute atomic E-state index is 0.250. The van der Waals surface area contributed by atoms with E-state index in [1.165, 1.54) is 24.5 Å². The smallest absolute Gasteiger partial charge is 0.275 e. The second-order valence-electron chi connectivity index (χ2n) is 6.38. The van der Waals surface area contributed by atoms with Gasteiger partial charge in [0.2, 0.25) is 0 Å². The summed E-state index contributed by atoms with van der Waals surface area (Å²) in [6, 6.07) is 12.3. The molecule has 0 saturated heterocycles. The van der Waals surface area contributed by atoms with Crippen molar-refractivity contribution in [1.82, 2.24) is 9.97 Å². The Balaban J connectivity index is 1.66. The summed E-state index contributed by atoms with van der Waals surface area (Å²) in [7, 11) is 0. The van der Waals surface area contributed by atoms with E-state index >= 15 is 0 Å². The van der Waals surface area contributed by atoms with E-state index in [0.717, 1.165) is 35.2 Å². The molecule has 1 amide bonds. The van der Waals surface area contributed by atoms with E-state index in [0.29, 0.717) is 12.4 Å². The lowest BCUT2D eigenvalue weighted by atomic mass is 10.0. The number of benzene rings is 2. The summed E-state index contributed by atoms with van der Waals surface area (Å²) in [6.07, 6.45) is 4.64. The van der Waals surface area contributed by atoms with E-state index in [2.05, 4.69) is 34.4 Å². The minimum Gasteiger partial charge on any atom is -0.365 e. The number of nitrogens with one attached hydrogen (secondary N) is 2. The lowest BCUT2D eigenvalue weighted by molar-refractivity contribution is 0.102. The Labute approximate surface area is 164 Å². The van der Waals surface area contributed by atoms with E-state index in [1.807, 2.05) is 18.2 Å². The van der Waals surface area contributed by atoms with Crippen LogP contribution in [0.3, 0.4) is 0 Å². The second kappa shape index (κ2) is 9.08. The van der Waals surface area contributed by atoms with Gasteiger partial charge < -0.3 is 10.6 Å². The maximum Gasteiger partial charge on any atom is 0.275 e. The Morgan fingerprint density at radius 1 is 0.964 bits per heavy atom. The summed E-state index contributed by atoms with van der Waals surface area (Å²) >= 11 is 0. The lowest BCUT2D eigenvalue weighted by Crippen LogP contribution is -2.17. The van der Waals surface area contributed by atoms with Crippen LogP contribution in [-0.4, -0.2) is 15.9 Å². The van der Waals surface area contributed by atoms with Gasteiger partial charge in [0.05, 0.1) is 12.4 Å². The molecule has 0 aliphatic rings. The molecule has 3 aromatic rings. The van der Waals surface area contributed by atoms with Gasteiger partial charge in [-0.2, -0.15) is 0 Å². The Morgan fingerprint density at radius 3 is 2.21 bits per heavy atom. The van der Waals surface area contributed by atoms with Gasteiger partial charge in [0.1, 0.15) is 17.3 Å². The van der Waals surface area contributed by atoms with Gasteiger partial charge in [0.25, 0.3) is 5.91 Å². The number of amides is 1. The van der Waals surface area contributed by atoms with Crippen LogP contribution in [0.5, 0.6) is 0 Å². The molecule has 5 nitrogen and oxygen atoms in total. The van der Waals surface area contributed by atoms with E-state index in [-0.39, 0.29) is 17.4 Å². The molecule has 0 bridgehead atoms. The second-order valence-corrected chi connectivity index (χ2v) is 6.38. The number of carbonyl (C=O) groups excluding carboxylic acids is 1. The average Bonchev–Trinajstić information content (AvgIpc) is 2.73. The summed E-state index contributed by atoms with van der Waals surface area (Å²) in [5.41, 5.74) is 4.22. The van der Waals surface area contributed by atoms with Crippen molar-refractivity contribution in [3.63, 3.8) is 0 Å². The average molecular weight is 378 g/mol. The molecule has 1 heterocycles. The molecule has 28 heavy (non-hydrogen) atoms. The molecule has 0 aliphatic heterocycles. The molecule has 0 fully saturated rings. The highest BCUT2D eigenvalue weighted by Gasteiger charge is 2.13. The standard InChI is InChI=1S/C22H23FN4O/c1-3-16-6-5-7-17(4-2)21(16)27-22(28)19-13-26-20(14-24-19)25-12-15-8-10-18(23)11-9-15/h5-11,13-14H,3-4,12H2,1-2H3,(H,25,26)(H,27,28). The summed E-state index contributed by atoms with van der Waals surface area (Å²) in [6.45, 7) is 4.61. The number of nitrogens with zero attached hydrogens (tertiary/aromatic N) is 2. The van der Waals surface area contributed by atoms with Crippen LogP contribution in [0.4, 0.5) is 15.9 Å². The molecule has 0 atom stereocenters. The van der Waals surface area contributed by atoms with Crippen LogP contribution in [0.15, 0.2) is 54.9 Å². The fourth-order valence-corrected chi connectivity index (χ4v) is 2.91. The Hall–Kier alpha value is -3.28. The van der Waals surface area contributed by atoms with Gasteiger partial charge in [-0.05, 0) is 41.7 Å². The molecular formula is C22H23FN4O. The maximum atomic E-state index is 12.9. The number of anilines is 2. The van der Waals surface area contributed by atoms with Crippen LogP contribution < -0.4 is 10.6 Å². The first-order chi connectivity index (χ1) is 13.6. The number of carbonyl (C=O) groups is 1. The van der Waals surface area contributed by atoms with E-state index in [4.69, 9.17) is 0 Å². The van der Waals surface area contributed by atoms with Crippen molar-refractivity contribution in [1.29, 1.82) is 0 Å². The van der Waals surface area contributed by atoms with Gasteiger partial charge in [-0.3, -0.25) is 4.79 Å². The van der Waals surface area contributed by atoms with E-state index in [9.17, 15) is 9.18 Å². The molecule has 0 saturated carbocycles. The number of hydrogen-bond acceptors (Lipinski definition) is 4. The van der Waals surface area contributed by atoms with Gasteiger partial charge in [-0.15, -0.1) is 0 Å². The zero-order valence-electron chi connectivity index (χ0n) is 16.0. The van der Waals surface area contributed by atoms with E-state index in [1.54, 1.807) is 12.1 Å². The number of halogens is 1. The van der Waals surface area contributed by atoms with Crippen LogP contribution in [0.2, 0.25) is 0 Å². The minimum atomic E-state index is -0.284. The molecular weight excluding hydrogens is 355 g/mol. The van der Waals surface area contributed by atoms with Crippen molar-refractivity contribution in [2.24, 2.45) is 0 Å². The Kier molecular flexibility index (Phi) is 6.32. The van der Waals surface area contributed by atoms with Crippen LogP contribution in [0.25, 0.3) is 0 Å². The largest absolute Gasteiger partial charge is 0.365 e. The molecule has 0 spiro atoms. The van der Waals surface area contributed by atoms with Crippen molar-refractivity contribution in [3.8, 4) is 0 Å². The molecule has 0 radical (unpaired) electrons. The Bertz CT molecular complexity index is 918. The zero-order valence-corrected chi connectivity index (χ0v) is 16.0. The van der Waals surface area contributed by atoms with Gasteiger partial charge in [0.15, 0.2) is 0 Å². The number of para-hydroxylation sites is 1. The molecule has 144 valence electrons. The maximum absolute atomic E-state index is 12.9. The molecule has 3 rings (SSSR count). The van der Waals surface area contributed by atoms with Crippen LogP contribution >= 0.6 is 0 Å². The summed E-state index contributed by atoms with van der Waals surface area (Å²) in [4.78, 5) is 21.1. The fraction of sp³-hybridized carbons (Fsp3) is 0.227. The highest BCUT2D eigenvalue weighted by molar-refractivity contribution is 6.03. The van der Waals surface area contributed by atoms with Gasteiger partial charge in [-0.1, -0.05) is 44.2 Å². The van der Waals surface area contributed by atoms with Gasteiger partial charge in [-0.25, -0.2) is 14.4 Å². The fourth-order valence-electron chi connectivity index (χ4n) is 2.91. The normalized spacial score (nSPS) is 10.5. The number of aryl methyl sites for hydroxylation is 2. The highest BCUT2D eigenvalue weighted by atomic mass is 19.1. The highest BCUT2D eigenvalue weighted by Crippen LogP contribution is 2.23. The first-order valence-corrected chi connectivity index (χ1v) is 9.33. The molecule has 2 N–H and O–H groups in total. The first kappa shape index (κ1) is 19.5. The van der Waals surface area contributed by atoms with Crippen molar-refractivity contribution in [2.45, 2.75) is 33.2 Å². The number of aromatic nitrogens is 2. The number of rotatable bonds is 7. The first-order valence-electron chi connectivity index (χ1n) is 9.33. The van der Waals surface area contributed by atoms with Crippen molar-refractivity contribution < 1.29 is 9.18 Å². The van der Waals surface area contributed by atoms with Crippen LogP contribution in [0, 0.1) is 5.82 Å². The quantitative estimate of drug-likeness (QED) is 0.630. The molecule has 2 aromatic carbocycles. The van der Waals surface area contributed by atoms with Crippen molar-refractivity contribution in [3.05, 3.63) is 83.1 Å². The molecule has 6 heteroatoms. The third-order valence-electron chi connectivity index (χ3n) is 4.51. The Morgan fingerprint density at radius 2 is 1.64 bits per heavy atom. The molecule has 0 aliphatic carbocycles.